The minimum absolute atomic E-state index is 0.0202. The van der Waals surface area contributed by atoms with E-state index in [9.17, 15) is 18.0 Å². The number of nitrogens with zero attached hydrogens (tertiary/aromatic N) is 2. The molecule has 1 unspecified atom stereocenters. The van der Waals surface area contributed by atoms with Crippen LogP contribution in [0.3, 0.4) is 0 Å². The normalized spacial score (nSPS) is 16.9. The van der Waals surface area contributed by atoms with Crippen molar-refractivity contribution in [3.8, 4) is 0 Å². The molecule has 1 fully saturated rings. The zero-order valence-corrected chi connectivity index (χ0v) is 19.1. The van der Waals surface area contributed by atoms with E-state index in [4.69, 9.17) is 28.3 Å². The van der Waals surface area contributed by atoms with Crippen molar-refractivity contribution in [2.24, 2.45) is 16.2 Å². The summed E-state index contributed by atoms with van der Waals surface area (Å²) in [6, 6.07) is 8.39. The van der Waals surface area contributed by atoms with Gasteiger partial charge < -0.3 is 4.90 Å². The molecule has 0 bridgehead atoms. The van der Waals surface area contributed by atoms with Crippen LogP contribution in [0.25, 0.3) is 0 Å². The van der Waals surface area contributed by atoms with Crippen LogP contribution in [0.2, 0.25) is 10.0 Å². The molecule has 0 aliphatic carbocycles. The highest BCUT2D eigenvalue weighted by Crippen LogP contribution is 2.38. The molecule has 2 amide bonds. The molecule has 1 aliphatic rings. The summed E-state index contributed by atoms with van der Waals surface area (Å²) in [7, 11) is -3.98. The first-order valence-electron chi connectivity index (χ1n) is 9.20. The monoisotopic (exact) mass is 482 g/mol. The van der Waals surface area contributed by atoms with Gasteiger partial charge >= 0.3 is 0 Å². The predicted molar refractivity (Wildman–Crippen MR) is 120 cm³/mol. The molecule has 1 atom stereocenters. The Hall–Kier alpha value is -2.46. The second kappa shape index (κ2) is 8.96. The first-order valence-corrected chi connectivity index (χ1v) is 11.5. The van der Waals surface area contributed by atoms with Gasteiger partial charge in [0.1, 0.15) is 0 Å². The number of carbonyl (C=O) groups is 2. The Labute approximate surface area is 190 Å². The lowest BCUT2D eigenvalue weighted by Gasteiger charge is -2.21. The number of amides is 2. The number of anilines is 1. The SMILES string of the molecule is Cc1cc(N2CC(C(=O)N/N=C/c3ccc(Cl)cc3)CC2=O)c(Cl)c(C)c1S(N)(=O)=O. The highest BCUT2D eigenvalue weighted by atomic mass is 35.5. The van der Waals surface area contributed by atoms with Crippen LogP contribution >= 0.6 is 23.2 Å². The van der Waals surface area contributed by atoms with E-state index in [2.05, 4.69) is 10.5 Å². The first-order chi connectivity index (χ1) is 14.5. The lowest BCUT2D eigenvalue weighted by atomic mass is 10.1. The van der Waals surface area contributed by atoms with Crippen molar-refractivity contribution in [3.05, 3.63) is 57.1 Å². The van der Waals surface area contributed by atoms with Gasteiger partial charge in [0.25, 0.3) is 0 Å². The lowest BCUT2D eigenvalue weighted by molar-refractivity contribution is -0.126. The Kier molecular flexibility index (Phi) is 6.70. The molecule has 31 heavy (non-hydrogen) atoms. The van der Waals surface area contributed by atoms with Gasteiger partial charge in [-0.3, -0.25) is 9.59 Å². The van der Waals surface area contributed by atoms with Crippen molar-refractivity contribution in [2.75, 3.05) is 11.4 Å². The fourth-order valence-corrected chi connectivity index (χ4v) is 4.95. The number of rotatable bonds is 5. The Morgan fingerprint density at radius 3 is 2.52 bits per heavy atom. The van der Waals surface area contributed by atoms with E-state index in [-0.39, 0.29) is 34.4 Å². The van der Waals surface area contributed by atoms with E-state index < -0.39 is 21.8 Å². The number of primary sulfonamides is 1. The molecule has 2 aromatic rings. The van der Waals surface area contributed by atoms with E-state index in [1.54, 1.807) is 31.2 Å². The molecule has 0 radical (unpaired) electrons. The maximum absolute atomic E-state index is 12.6. The highest BCUT2D eigenvalue weighted by Gasteiger charge is 2.37. The molecule has 164 valence electrons. The molecule has 8 nitrogen and oxygen atoms in total. The van der Waals surface area contributed by atoms with Crippen LogP contribution in [-0.4, -0.2) is 33.0 Å². The van der Waals surface area contributed by atoms with Gasteiger partial charge in [-0.25, -0.2) is 19.0 Å². The second-order valence-corrected chi connectivity index (χ2v) is 9.53. The Balaban J connectivity index is 1.75. The summed E-state index contributed by atoms with van der Waals surface area (Å²) >= 11 is 12.2. The Bertz CT molecular complexity index is 1180. The van der Waals surface area contributed by atoms with E-state index in [1.807, 2.05) is 0 Å². The van der Waals surface area contributed by atoms with Gasteiger partial charge in [0, 0.05) is 18.0 Å². The number of nitrogens with one attached hydrogen (secondary N) is 1. The molecular formula is C20H20Cl2N4O4S. The molecule has 3 rings (SSSR count). The number of aryl methyl sites for hydroxylation is 1. The van der Waals surface area contributed by atoms with Crippen LogP contribution in [0.5, 0.6) is 0 Å². The van der Waals surface area contributed by atoms with Gasteiger partial charge in [0.05, 0.1) is 27.7 Å². The lowest BCUT2D eigenvalue weighted by Crippen LogP contribution is -2.30. The molecule has 0 spiro atoms. The largest absolute Gasteiger partial charge is 0.310 e. The summed E-state index contributed by atoms with van der Waals surface area (Å²) < 4.78 is 23.7. The maximum Gasteiger partial charge on any atom is 0.245 e. The fourth-order valence-electron chi connectivity index (χ4n) is 3.48. The maximum atomic E-state index is 12.6. The quantitative estimate of drug-likeness (QED) is 0.502. The third kappa shape index (κ3) is 5.07. The summed E-state index contributed by atoms with van der Waals surface area (Å²) in [6.45, 7) is 3.19. The predicted octanol–water partition coefficient (Wildman–Crippen LogP) is 2.76. The number of nitrogens with two attached hydrogens (primary N) is 1. The van der Waals surface area contributed by atoms with Crippen molar-refractivity contribution < 1.29 is 18.0 Å². The highest BCUT2D eigenvalue weighted by molar-refractivity contribution is 7.89. The van der Waals surface area contributed by atoms with Crippen molar-refractivity contribution >= 4 is 56.9 Å². The number of halogens is 2. The van der Waals surface area contributed by atoms with Gasteiger partial charge in [-0.2, -0.15) is 5.10 Å². The number of benzene rings is 2. The third-order valence-corrected chi connectivity index (χ3v) is 6.86. The molecule has 3 N–H and O–H groups in total. The Morgan fingerprint density at radius 2 is 1.90 bits per heavy atom. The fraction of sp³-hybridized carbons (Fsp3) is 0.250. The number of hydrazone groups is 1. The second-order valence-electron chi connectivity index (χ2n) is 7.22. The zero-order valence-electron chi connectivity index (χ0n) is 16.7. The minimum Gasteiger partial charge on any atom is -0.310 e. The van der Waals surface area contributed by atoms with Gasteiger partial charge in [-0.1, -0.05) is 35.3 Å². The van der Waals surface area contributed by atoms with Crippen LogP contribution in [0.4, 0.5) is 5.69 Å². The molecule has 0 saturated carbocycles. The summed E-state index contributed by atoms with van der Waals surface area (Å²) in [5.74, 6) is -1.35. The summed E-state index contributed by atoms with van der Waals surface area (Å²) in [4.78, 5) is 26.3. The zero-order chi connectivity index (χ0) is 22.9. The molecule has 2 aromatic carbocycles. The smallest absolute Gasteiger partial charge is 0.245 e. The third-order valence-electron chi connectivity index (χ3n) is 4.94. The number of sulfonamides is 1. The molecule has 1 saturated heterocycles. The van der Waals surface area contributed by atoms with Gasteiger partial charge in [0.15, 0.2) is 0 Å². The van der Waals surface area contributed by atoms with E-state index in [0.29, 0.717) is 16.3 Å². The molecule has 0 aromatic heterocycles. The van der Waals surface area contributed by atoms with Gasteiger partial charge in [-0.15, -0.1) is 0 Å². The van der Waals surface area contributed by atoms with Crippen molar-refractivity contribution in [2.45, 2.75) is 25.2 Å². The Morgan fingerprint density at radius 1 is 1.26 bits per heavy atom. The number of hydrogen-bond acceptors (Lipinski definition) is 5. The van der Waals surface area contributed by atoms with Crippen LogP contribution in [-0.2, 0) is 19.6 Å². The summed E-state index contributed by atoms with van der Waals surface area (Å²) in [5, 5.41) is 9.89. The van der Waals surface area contributed by atoms with E-state index in [1.165, 1.54) is 24.1 Å². The first kappa shape index (κ1) is 23.2. The van der Waals surface area contributed by atoms with Crippen molar-refractivity contribution in [1.82, 2.24) is 5.43 Å². The summed E-state index contributed by atoms with van der Waals surface area (Å²) in [5.41, 5.74) is 4.15. The van der Waals surface area contributed by atoms with Crippen LogP contribution in [0.15, 0.2) is 40.3 Å². The standard InChI is InChI=1S/C20H20Cl2N4O4S/c1-11-7-16(18(22)12(2)19(11)31(23,29)30)26-10-14(8-17(26)27)20(28)25-24-9-13-3-5-15(21)6-4-13/h3-7,9,14H,8,10H2,1-2H3,(H,25,28)(H2,23,29,30)/b24-9+. The topological polar surface area (TPSA) is 122 Å². The average molecular weight is 483 g/mol. The van der Waals surface area contributed by atoms with Gasteiger partial charge in [0.2, 0.25) is 21.8 Å². The van der Waals surface area contributed by atoms with E-state index >= 15 is 0 Å². The minimum atomic E-state index is -3.98. The number of carbonyl (C=O) groups excluding carboxylic acids is 2. The van der Waals surface area contributed by atoms with E-state index in [0.717, 1.165) is 5.56 Å². The van der Waals surface area contributed by atoms with Crippen LogP contribution < -0.4 is 15.5 Å². The van der Waals surface area contributed by atoms with Gasteiger partial charge in [-0.05, 0) is 48.7 Å². The van der Waals surface area contributed by atoms with Crippen LogP contribution in [0, 0.1) is 19.8 Å². The molecule has 11 heteroatoms. The van der Waals surface area contributed by atoms with Crippen molar-refractivity contribution in [1.29, 1.82) is 0 Å². The number of hydrogen-bond donors (Lipinski definition) is 2. The molecular weight excluding hydrogens is 463 g/mol. The molecule has 1 heterocycles. The molecule has 1 aliphatic heterocycles. The average Bonchev–Trinajstić information content (AvgIpc) is 3.07. The summed E-state index contributed by atoms with van der Waals surface area (Å²) in [6.07, 6.45) is 1.45. The van der Waals surface area contributed by atoms with Crippen molar-refractivity contribution in [3.63, 3.8) is 0 Å². The van der Waals surface area contributed by atoms with Crippen LogP contribution in [0.1, 0.15) is 23.1 Å².